The fraction of sp³-hybridized carbons (Fsp3) is 0.907. The molecular formula is C54H90O25. The maximum absolute atomic E-state index is 13.7. The number of allylic oxidation sites excluding steroid dienone is 1. The number of hydrogen-bond acceptors (Lipinski definition) is 25. The summed E-state index contributed by atoms with van der Waals surface area (Å²) in [6, 6.07) is 0. The maximum Gasteiger partial charge on any atom is 0.333 e. The van der Waals surface area contributed by atoms with Gasteiger partial charge >= 0.3 is 17.9 Å². The summed E-state index contributed by atoms with van der Waals surface area (Å²) in [7, 11) is 0. The van der Waals surface area contributed by atoms with Gasteiger partial charge in [-0.25, -0.2) is 4.79 Å². The fourth-order valence-corrected chi connectivity index (χ4v) is 10.5. The molecule has 7 aliphatic rings. The molecule has 79 heavy (non-hydrogen) atoms. The first-order valence-corrected chi connectivity index (χ1v) is 28.3. The predicted octanol–water partition coefficient (Wildman–Crippen LogP) is 0.567. The SMILES string of the molecule is CC=C(C)C(=O)OC1C2OC(C)C(OC3OC(C)C(O)C(OC4OC(C)C(O)C(OC(=O)CCCCCCCCCC(CCC)OC5OC(C)C(O)C(O)C5O2)C4O)C3OC2OC(C)C(O)C(O)C2OC(=O)C(C)C(C)O)C1O. The first-order valence-electron chi connectivity index (χ1n) is 28.3. The van der Waals surface area contributed by atoms with Crippen LogP contribution in [0, 0.1) is 5.92 Å². The summed E-state index contributed by atoms with van der Waals surface area (Å²) in [4.78, 5) is 40.4. The largest absolute Gasteiger partial charge is 0.456 e. The highest BCUT2D eigenvalue weighted by Crippen LogP contribution is 2.39. The molecule has 25 nitrogen and oxygen atoms in total. The van der Waals surface area contributed by atoms with E-state index >= 15 is 0 Å². The first-order chi connectivity index (χ1) is 37.4. The minimum atomic E-state index is -1.91. The van der Waals surface area contributed by atoms with Crippen LogP contribution >= 0.6 is 0 Å². The summed E-state index contributed by atoms with van der Waals surface area (Å²) in [5, 5.41) is 103. The highest BCUT2D eigenvalue weighted by atomic mass is 16.8. The van der Waals surface area contributed by atoms with Gasteiger partial charge in [0.2, 0.25) is 0 Å². The van der Waals surface area contributed by atoms with Crippen LogP contribution in [0.4, 0.5) is 0 Å². The lowest BCUT2D eigenvalue weighted by Gasteiger charge is -2.51. The van der Waals surface area contributed by atoms with Crippen LogP contribution in [0.15, 0.2) is 11.6 Å². The standard InChI is InChI=1S/C54H90O25/c1-11-20-31-21-18-16-14-13-15-17-19-22-32(56)73-42-35(59)28(8)67-50(40(42)64)77-43-36(60)29(9)70-54(47(43)79-52-44(37(61)33(57)27(7)69-52)75-49(66)24(4)25(5)55)76-41-30(10)71-53(46(39(41)63)74-48(65)23(3)12-2)78-45-38(62)34(58)26(6)68-51(45)72-31/h12,24-31,33-47,50-55,57-64H,11,13-22H2,1-10H3. The van der Waals surface area contributed by atoms with E-state index in [1.54, 1.807) is 13.8 Å². The van der Waals surface area contributed by atoms with E-state index in [0.717, 1.165) is 38.5 Å². The lowest BCUT2D eigenvalue weighted by Crippen LogP contribution is -2.68. The summed E-state index contributed by atoms with van der Waals surface area (Å²) in [5.41, 5.74) is 0.123. The van der Waals surface area contributed by atoms with Crippen LogP contribution in [0.2, 0.25) is 0 Å². The van der Waals surface area contributed by atoms with Gasteiger partial charge in [-0.15, -0.1) is 0 Å². The summed E-state index contributed by atoms with van der Waals surface area (Å²) in [6.07, 6.45) is -32.6. The zero-order valence-corrected chi connectivity index (χ0v) is 47.1. The van der Waals surface area contributed by atoms with Crippen molar-refractivity contribution in [1.29, 1.82) is 0 Å². The first kappa shape index (κ1) is 65.5. The summed E-state index contributed by atoms with van der Waals surface area (Å²) in [6.45, 7) is 15.1. The van der Waals surface area contributed by atoms with Crippen molar-refractivity contribution in [2.45, 2.75) is 306 Å². The van der Waals surface area contributed by atoms with Crippen LogP contribution in [-0.4, -0.2) is 230 Å². The van der Waals surface area contributed by atoms with E-state index in [4.69, 9.17) is 61.6 Å². The topological polar surface area (TPSA) is 353 Å². The second kappa shape index (κ2) is 29.8. The number of rotatable bonds is 9. The predicted molar refractivity (Wildman–Crippen MR) is 270 cm³/mol. The van der Waals surface area contributed by atoms with E-state index in [-0.39, 0.29) is 18.1 Å². The third-order valence-corrected chi connectivity index (χ3v) is 16.0. The molecule has 7 fully saturated rings. The number of aliphatic hydroxyl groups is 9. The molecule has 0 aromatic rings. The van der Waals surface area contributed by atoms with Gasteiger partial charge in [0.05, 0.1) is 48.6 Å². The molecule has 7 heterocycles. The fourth-order valence-electron chi connectivity index (χ4n) is 10.5. The van der Waals surface area contributed by atoms with E-state index in [9.17, 15) is 60.3 Å². The molecule has 0 aliphatic carbocycles. The van der Waals surface area contributed by atoms with Gasteiger partial charge in [0.15, 0.2) is 49.8 Å². The Balaban J connectivity index is 1.42. The summed E-state index contributed by atoms with van der Waals surface area (Å²) >= 11 is 0. The van der Waals surface area contributed by atoms with Gasteiger partial charge in [-0.2, -0.15) is 0 Å². The number of ether oxygens (including phenoxy) is 13. The smallest absolute Gasteiger partial charge is 0.333 e. The molecule has 7 rings (SSSR count). The number of hydrogen-bond donors (Lipinski definition) is 9. The molecule has 0 radical (unpaired) electrons. The normalized spacial score (nSPS) is 45.6. The van der Waals surface area contributed by atoms with Crippen molar-refractivity contribution in [1.82, 2.24) is 0 Å². The molecule has 0 aromatic carbocycles. The average molecular weight is 1140 g/mol. The summed E-state index contributed by atoms with van der Waals surface area (Å²) in [5.74, 6) is -3.78. The highest BCUT2D eigenvalue weighted by Gasteiger charge is 2.58. The van der Waals surface area contributed by atoms with Gasteiger partial charge in [0.1, 0.15) is 73.2 Å². The molecule has 6 bridgehead atoms. The quantitative estimate of drug-likeness (QED) is 0.0865. The van der Waals surface area contributed by atoms with Crippen LogP contribution in [-0.2, 0) is 76.0 Å². The van der Waals surface area contributed by atoms with Gasteiger partial charge in [-0.05, 0) is 81.6 Å². The van der Waals surface area contributed by atoms with Crippen LogP contribution in [0.5, 0.6) is 0 Å². The molecule has 456 valence electrons. The van der Waals surface area contributed by atoms with E-state index in [1.165, 1.54) is 54.5 Å². The molecule has 7 saturated heterocycles. The Bertz CT molecular complexity index is 1940. The molecule has 0 amide bonds. The molecule has 28 unspecified atom stereocenters. The highest BCUT2D eigenvalue weighted by molar-refractivity contribution is 5.87. The monoisotopic (exact) mass is 1140 g/mol. The lowest BCUT2D eigenvalue weighted by atomic mass is 9.95. The van der Waals surface area contributed by atoms with Crippen molar-refractivity contribution in [3.63, 3.8) is 0 Å². The zero-order chi connectivity index (χ0) is 58.2. The van der Waals surface area contributed by atoms with Crippen molar-refractivity contribution in [3.8, 4) is 0 Å². The van der Waals surface area contributed by atoms with Crippen LogP contribution in [0.1, 0.15) is 140 Å². The molecule has 28 atom stereocenters. The minimum absolute atomic E-state index is 0.0247. The molecule has 0 aromatic heterocycles. The Morgan fingerprint density at radius 2 is 1.09 bits per heavy atom. The molecule has 7 aliphatic heterocycles. The van der Waals surface area contributed by atoms with Crippen molar-refractivity contribution >= 4 is 17.9 Å². The van der Waals surface area contributed by atoms with Gasteiger partial charge in [-0.3, -0.25) is 9.59 Å². The molecule has 9 N–H and O–H groups in total. The molecular weight excluding hydrogens is 1050 g/mol. The zero-order valence-electron chi connectivity index (χ0n) is 47.1. The second-order valence-electron chi connectivity index (χ2n) is 22.2. The number of carbonyl (C=O) groups is 3. The van der Waals surface area contributed by atoms with Crippen LogP contribution in [0.3, 0.4) is 0 Å². The Morgan fingerprint density at radius 1 is 0.557 bits per heavy atom. The van der Waals surface area contributed by atoms with Gasteiger partial charge in [0.25, 0.3) is 0 Å². The Kier molecular flexibility index (Phi) is 24.7. The number of aliphatic hydroxyl groups excluding tert-OH is 9. The van der Waals surface area contributed by atoms with Gasteiger partial charge in [-0.1, -0.05) is 57.9 Å². The lowest BCUT2D eigenvalue weighted by molar-refractivity contribution is -0.405. The number of fused-ring (bicyclic) bond motifs is 14. The van der Waals surface area contributed by atoms with Crippen molar-refractivity contribution in [3.05, 3.63) is 11.6 Å². The van der Waals surface area contributed by atoms with E-state index in [1.807, 2.05) is 6.92 Å². The number of carbonyl (C=O) groups excluding carboxylic acids is 3. The van der Waals surface area contributed by atoms with E-state index in [2.05, 4.69) is 0 Å². The summed E-state index contributed by atoms with van der Waals surface area (Å²) < 4.78 is 80.6. The second-order valence-corrected chi connectivity index (χ2v) is 22.2. The van der Waals surface area contributed by atoms with Crippen LogP contribution in [0.25, 0.3) is 0 Å². The maximum atomic E-state index is 13.7. The molecule has 25 heteroatoms. The van der Waals surface area contributed by atoms with Crippen molar-refractivity contribution in [2.75, 3.05) is 0 Å². The average Bonchev–Trinajstić information content (AvgIpc) is 3.56. The van der Waals surface area contributed by atoms with Gasteiger partial charge < -0.3 is 108 Å². The van der Waals surface area contributed by atoms with E-state index < -0.39 is 183 Å². The molecule has 0 saturated carbocycles. The van der Waals surface area contributed by atoms with Crippen molar-refractivity contribution < 1.29 is 122 Å². The third-order valence-electron chi connectivity index (χ3n) is 16.0. The number of esters is 3. The Labute approximate surface area is 461 Å². The van der Waals surface area contributed by atoms with Crippen LogP contribution < -0.4 is 0 Å². The third kappa shape index (κ3) is 16.2. The van der Waals surface area contributed by atoms with Crippen molar-refractivity contribution in [2.24, 2.45) is 5.92 Å². The molecule has 0 spiro atoms. The Morgan fingerprint density at radius 3 is 1.73 bits per heavy atom. The van der Waals surface area contributed by atoms with E-state index in [0.29, 0.717) is 25.7 Å². The van der Waals surface area contributed by atoms with Gasteiger partial charge in [0, 0.05) is 12.0 Å². The Hall–Kier alpha value is -2.61. The minimum Gasteiger partial charge on any atom is -0.456 e.